The molecule has 0 bridgehead atoms. The van der Waals surface area contributed by atoms with Crippen LogP contribution in [0.1, 0.15) is 6.42 Å². The molecule has 1 fully saturated rings. The van der Waals surface area contributed by atoms with Gasteiger partial charge in [0.1, 0.15) is 0 Å². The number of nitrogens with one attached hydrogen (secondary N) is 1. The van der Waals surface area contributed by atoms with E-state index in [1.54, 1.807) is 0 Å². The predicted molar refractivity (Wildman–Crippen MR) is 33.8 cm³/mol. The van der Waals surface area contributed by atoms with Gasteiger partial charge in [0, 0.05) is 12.6 Å². The molecule has 1 atom stereocenters. The molecule has 3 N–H and O–H groups in total. The van der Waals surface area contributed by atoms with Gasteiger partial charge in [-0.25, -0.2) is 0 Å². The van der Waals surface area contributed by atoms with Gasteiger partial charge in [0.15, 0.2) is 0 Å². The monoisotopic (exact) mass is 138 g/mol. The molecule has 1 heterocycles. The molecule has 0 aromatic rings. The van der Waals surface area contributed by atoms with Crippen molar-refractivity contribution in [3.63, 3.8) is 0 Å². The number of hydrogen-bond donors (Lipinski definition) is 2. The molecule has 1 aliphatic rings. The molecule has 0 aromatic heterocycles. The second-order valence-corrected chi connectivity index (χ2v) is 1.73. The highest BCUT2D eigenvalue weighted by atomic mass is 35.5. The lowest BCUT2D eigenvalue weighted by Crippen LogP contribution is -2.34. The van der Waals surface area contributed by atoms with Crippen LogP contribution < -0.4 is 11.3 Å². The van der Waals surface area contributed by atoms with Crippen molar-refractivity contribution in [3.8, 4) is 0 Å². The van der Waals surface area contributed by atoms with E-state index in [9.17, 15) is 0 Å². The zero-order valence-corrected chi connectivity index (χ0v) is 5.41. The lowest BCUT2D eigenvalue weighted by Gasteiger charge is -2.00. The first-order valence-electron chi connectivity index (χ1n) is 2.47. The van der Waals surface area contributed by atoms with Crippen LogP contribution in [0.4, 0.5) is 0 Å². The second kappa shape index (κ2) is 4.09. The maximum atomic E-state index is 5.10. The van der Waals surface area contributed by atoms with Gasteiger partial charge in [-0.15, -0.1) is 12.4 Å². The number of rotatable bonds is 1. The lowest BCUT2D eigenvalue weighted by atomic mass is 10.3. The van der Waals surface area contributed by atoms with Crippen LogP contribution in [0.3, 0.4) is 0 Å². The Labute approximate surface area is 55.0 Å². The van der Waals surface area contributed by atoms with Crippen molar-refractivity contribution < 1.29 is 4.74 Å². The van der Waals surface area contributed by atoms with Crippen LogP contribution in [0, 0.1) is 0 Å². The molecular weight excluding hydrogens is 128 g/mol. The van der Waals surface area contributed by atoms with Crippen LogP contribution in [0.5, 0.6) is 0 Å². The van der Waals surface area contributed by atoms with E-state index >= 15 is 0 Å². The fourth-order valence-electron chi connectivity index (χ4n) is 0.666. The van der Waals surface area contributed by atoms with Crippen LogP contribution in [0.2, 0.25) is 0 Å². The van der Waals surface area contributed by atoms with Crippen molar-refractivity contribution in [3.05, 3.63) is 0 Å². The summed E-state index contributed by atoms with van der Waals surface area (Å²) in [6.07, 6.45) is 1.05. The molecule has 8 heavy (non-hydrogen) atoms. The number of hydrogen-bond acceptors (Lipinski definition) is 3. The van der Waals surface area contributed by atoms with Gasteiger partial charge < -0.3 is 4.74 Å². The molecule has 1 rings (SSSR count). The highest BCUT2D eigenvalue weighted by Crippen LogP contribution is 2.00. The van der Waals surface area contributed by atoms with Crippen molar-refractivity contribution in [1.82, 2.24) is 5.43 Å². The summed E-state index contributed by atoms with van der Waals surface area (Å²) >= 11 is 0. The summed E-state index contributed by atoms with van der Waals surface area (Å²) in [5.41, 5.74) is 2.64. The van der Waals surface area contributed by atoms with E-state index < -0.39 is 0 Å². The minimum atomic E-state index is 0. The average Bonchev–Trinajstić information content (AvgIpc) is 2.14. The Morgan fingerprint density at radius 2 is 2.38 bits per heavy atom. The molecule has 0 spiro atoms. The minimum Gasteiger partial charge on any atom is -0.380 e. The largest absolute Gasteiger partial charge is 0.380 e. The van der Waals surface area contributed by atoms with Crippen LogP contribution in [0.25, 0.3) is 0 Å². The van der Waals surface area contributed by atoms with E-state index in [1.165, 1.54) is 0 Å². The van der Waals surface area contributed by atoms with Gasteiger partial charge in [-0.3, -0.25) is 11.3 Å². The maximum absolute atomic E-state index is 5.10. The molecule has 1 aliphatic heterocycles. The minimum absolute atomic E-state index is 0. The predicted octanol–water partition coefficient (Wildman–Crippen LogP) is -0.340. The molecule has 0 amide bonds. The number of halogens is 1. The van der Waals surface area contributed by atoms with Gasteiger partial charge in [-0.1, -0.05) is 0 Å². The second-order valence-electron chi connectivity index (χ2n) is 1.73. The summed E-state index contributed by atoms with van der Waals surface area (Å²) in [6.45, 7) is 1.63. The SMILES string of the molecule is Cl.NNC1CCOC1. The molecular formula is C4H11ClN2O. The van der Waals surface area contributed by atoms with Crippen molar-refractivity contribution in [2.75, 3.05) is 13.2 Å². The van der Waals surface area contributed by atoms with Gasteiger partial charge in [-0.05, 0) is 6.42 Å². The molecule has 1 saturated heterocycles. The van der Waals surface area contributed by atoms with Gasteiger partial charge in [0.2, 0.25) is 0 Å². The summed E-state index contributed by atoms with van der Waals surface area (Å²) in [7, 11) is 0. The van der Waals surface area contributed by atoms with E-state index in [0.29, 0.717) is 6.04 Å². The molecule has 1 unspecified atom stereocenters. The topological polar surface area (TPSA) is 47.3 Å². The Morgan fingerprint density at radius 3 is 2.62 bits per heavy atom. The van der Waals surface area contributed by atoms with Gasteiger partial charge in [-0.2, -0.15) is 0 Å². The first kappa shape index (κ1) is 8.17. The smallest absolute Gasteiger partial charge is 0.0633 e. The molecule has 50 valence electrons. The quantitative estimate of drug-likeness (QED) is 0.385. The maximum Gasteiger partial charge on any atom is 0.0633 e. The van der Waals surface area contributed by atoms with E-state index in [0.717, 1.165) is 19.6 Å². The molecule has 3 nitrogen and oxygen atoms in total. The Hall–Kier alpha value is 0.170. The average molecular weight is 139 g/mol. The van der Waals surface area contributed by atoms with Gasteiger partial charge in [0.25, 0.3) is 0 Å². The summed E-state index contributed by atoms with van der Waals surface area (Å²) < 4.78 is 5.01. The number of hydrazine groups is 1. The Morgan fingerprint density at radius 1 is 1.62 bits per heavy atom. The highest BCUT2D eigenvalue weighted by Gasteiger charge is 2.11. The van der Waals surface area contributed by atoms with Gasteiger partial charge >= 0.3 is 0 Å². The molecule has 0 aromatic carbocycles. The van der Waals surface area contributed by atoms with E-state index in [4.69, 9.17) is 10.6 Å². The zero-order valence-electron chi connectivity index (χ0n) is 4.59. The Balaban J connectivity index is 0.000000490. The van der Waals surface area contributed by atoms with E-state index in [2.05, 4.69) is 5.43 Å². The fourth-order valence-corrected chi connectivity index (χ4v) is 0.666. The molecule has 0 aliphatic carbocycles. The van der Waals surface area contributed by atoms with Crippen LogP contribution in [-0.2, 0) is 4.74 Å². The first-order valence-corrected chi connectivity index (χ1v) is 2.47. The number of ether oxygens (including phenoxy) is 1. The fraction of sp³-hybridized carbons (Fsp3) is 1.00. The summed E-state index contributed by atoms with van der Waals surface area (Å²) in [5.74, 6) is 5.10. The summed E-state index contributed by atoms with van der Waals surface area (Å²) in [4.78, 5) is 0. The Bertz CT molecular complexity index is 56.0. The standard InChI is InChI=1S/C4H10N2O.ClH/c5-6-4-1-2-7-3-4;/h4,6H,1-3,5H2;1H. The molecule has 0 radical (unpaired) electrons. The van der Waals surface area contributed by atoms with Crippen molar-refractivity contribution >= 4 is 12.4 Å². The third-order valence-electron chi connectivity index (χ3n) is 1.17. The van der Waals surface area contributed by atoms with Crippen LogP contribution in [-0.4, -0.2) is 19.3 Å². The third kappa shape index (κ3) is 1.96. The van der Waals surface area contributed by atoms with Crippen LogP contribution >= 0.6 is 12.4 Å². The van der Waals surface area contributed by atoms with E-state index in [-0.39, 0.29) is 12.4 Å². The zero-order chi connectivity index (χ0) is 5.11. The van der Waals surface area contributed by atoms with E-state index in [1.807, 2.05) is 0 Å². The van der Waals surface area contributed by atoms with Crippen molar-refractivity contribution in [1.29, 1.82) is 0 Å². The van der Waals surface area contributed by atoms with Crippen molar-refractivity contribution in [2.45, 2.75) is 12.5 Å². The highest BCUT2D eigenvalue weighted by molar-refractivity contribution is 5.85. The summed E-state index contributed by atoms with van der Waals surface area (Å²) in [6, 6.07) is 0.403. The number of nitrogens with two attached hydrogens (primary N) is 1. The molecule has 0 saturated carbocycles. The van der Waals surface area contributed by atoms with Gasteiger partial charge in [0.05, 0.1) is 6.61 Å². The van der Waals surface area contributed by atoms with Crippen molar-refractivity contribution in [2.24, 2.45) is 5.84 Å². The lowest BCUT2D eigenvalue weighted by molar-refractivity contribution is 0.190. The third-order valence-corrected chi connectivity index (χ3v) is 1.17. The summed E-state index contributed by atoms with van der Waals surface area (Å²) in [5, 5.41) is 0. The normalized spacial score (nSPS) is 27.4. The Kier molecular flexibility index (Phi) is 4.18. The first-order chi connectivity index (χ1) is 3.43. The molecule has 4 heteroatoms. The van der Waals surface area contributed by atoms with Crippen LogP contribution in [0.15, 0.2) is 0 Å².